The molecule has 2 heteroatoms. The summed E-state index contributed by atoms with van der Waals surface area (Å²) < 4.78 is 0. The van der Waals surface area contributed by atoms with E-state index in [1.807, 2.05) is 6.08 Å². The van der Waals surface area contributed by atoms with Crippen LogP contribution in [-0.4, -0.2) is 11.7 Å². The number of aldehydes is 1. The molecule has 0 heterocycles. The van der Waals surface area contributed by atoms with Crippen molar-refractivity contribution in [3.63, 3.8) is 0 Å². The second kappa shape index (κ2) is 8.31. The first-order valence-electron chi connectivity index (χ1n) is 4.89. The third-order valence-corrected chi connectivity index (χ3v) is 2.58. The van der Waals surface area contributed by atoms with Crippen molar-refractivity contribution in [2.24, 2.45) is 5.92 Å². The van der Waals surface area contributed by atoms with E-state index in [1.165, 1.54) is 6.42 Å². The van der Waals surface area contributed by atoms with Gasteiger partial charge < -0.3 is 4.79 Å². The highest BCUT2D eigenvalue weighted by Crippen LogP contribution is 2.17. The molecule has 0 radical (unpaired) electrons. The lowest BCUT2D eigenvalue weighted by atomic mass is 9.98. The number of halogens is 1. The van der Waals surface area contributed by atoms with Gasteiger partial charge in [-0.25, -0.2) is 0 Å². The second-order valence-electron chi connectivity index (χ2n) is 3.55. The monoisotopic (exact) mass is 202 g/mol. The summed E-state index contributed by atoms with van der Waals surface area (Å²) in [6.07, 6.45) is 7.62. The molecule has 0 spiro atoms. The van der Waals surface area contributed by atoms with Crippen LogP contribution < -0.4 is 0 Å². The molecule has 0 aliphatic carbocycles. The van der Waals surface area contributed by atoms with Crippen molar-refractivity contribution in [1.29, 1.82) is 0 Å². The Hall–Kier alpha value is -0.300. The highest BCUT2D eigenvalue weighted by Gasteiger charge is 2.06. The molecule has 0 saturated heterocycles. The van der Waals surface area contributed by atoms with Crippen molar-refractivity contribution in [3.8, 4) is 0 Å². The van der Waals surface area contributed by atoms with E-state index >= 15 is 0 Å². The molecular formula is C11H19ClO. The molecule has 0 aliphatic rings. The first-order valence-corrected chi connectivity index (χ1v) is 5.33. The number of allylic oxidation sites excluding steroid dienone is 1. The molecule has 2 atom stereocenters. The topological polar surface area (TPSA) is 17.1 Å². The van der Waals surface area contributed by atoms with Gasteiger partial charge in [0.25, 0.3) is 0 Å². The average molecular weight is 203 g/mol. The van der Waals surface area contributed by atoms with Crippen LogP contribution >= 0.6 is 11.6 Å². The van der Waals surface area contributed by atoms with Crippen molar-refractivity contribution in [2.75, 3.05) is 0 Å². The smallest absolute Gasteiger partial charge is 0.121 e. The number of carbonyl (C=O) groups excluding carboxylic acids is 1. The quantitative estimate of drug-likeness (QED) is 0.334. The number of rotatable bonds is 8. The zero-order chi connectivity index (χ0) is 10.1. The Kier molecular flexibility index (Phi) is 8.11. The number of hydrogen-bond donors (Lipinski definition) is 0. The van der Waals surface area contributed by atoms with Gasteiger partial charge in [0.1, 0.15) is 6.29 Å². The Morgan fingerprint density at radius 1 is 1.38 bits per heavy atom. The lowest BCUT2D eigenvalue weighted by Gasteiger charge is -2.11. The van der Waals surface area contributed by atoms with Crippen molar-refractivity contribution in [1.82, 2.24) is 0 Å². The van der Waals surface area contributed by atoms with Gasteiger partial charge in [0, 0.05) is 11.8 Å². The van der Waals surface area contributed by atoms with E-state index in [2.05, 4.69) is 13.5 Å². The van der Waals surface area contributed by atoms with Gasteiger partial charge in [0.15, 0.2) is 0 Å². The zero-order valence-electron chi connectivity index (χ0n) is 8.34. The molecular weight excluding hydrogens is 184 g/mol. The van der Waals surface area contributed by atoms with E-state index in [1.54, 1.807) is 0 Å². The maximum absolute atomic E-state index is 10.1. The minimum atomic E-state index is 0.0312. The van der Waals surface area contributed by atoms with Crippen LogP contribution in [0, 0.1) is 5.92 Å². The van der Waals surface area contributed by atoms with E-state index in [0.29, 0.717) is 12.3 Å². The second-order valence-corrected chi connectivity index (χ2v) is 4.17. The summed E-state index contributed by atoms with van der Waals surface area (Å²) in [5.74, 6) is 0.686. The lowest BCUT2D eigenvalue weighted by Crippen LogP contribution is -2.03. The summed E-state index contributed by atoms with van der Waals surface area (Å²) in [5, 5.41) is 0.0312. The minimum absolute atomic E-state index is 0.0312. The predicted molar refractivity (Wildman–Crippen MR) is 58.2 cm³/mol. The molecule has 0 aromatic rings. The molecule has 0 bridgehead atoms. The Balaban J connectivity index is 3.38. The third kappa shape index (κ3) is 8.04. The molecule has 1 nitrogen and oxygen atoms in total. The molecule has 0 fully saturated rings. The van der Waals surface area contributed by atoms with Gasteiger partial charge in [0.2, 0.25) is 0 Å². The summed E-state index contributed by atoms with van der Waals surface area (Å²) in [4.78, 5) is 10.1. The first kappa shape index (κ1) is 12.7. The fourth-order valence-electron chi connectivity index (χ4n) is 1.23. The normalized spacial score (nSPS) is 14.9. The van der Waals surface area contributed by atoms with E-state index in [9.17, 15) is 4.79 Å². The lowest BCUT2D eigenvalue weighted by molar-refractivity contribution is -0.107. The van der Waals surface area contributed by atoms with Crippen LogP contribution in [0.5, 0.6) is 0 Å². The van der Waals surface area contributed by atoms with Crippen LogP contribution in [0.25, 0.3) is 0 Å². The molecule has 0 amide bonds. The van der Waals surface area contributed by atoms with Crippen molar-refractivity contribution in [2.45, 2.75) is 44.4 Å². The fraction of sp³-hybridized carbons (Fsp3) is 0.727. The molecule has 0 N–H and O–H groups in total. The Morgan fingerprint density at radius 3 is 2.62 bits per heavy atom. The van der Waals surface area contributed by atoms with E-state index < -0.39 is 0 Å². The highest BCUT2D eigenvalue weighted by molar-refractivity contribution is 6.21. The van der Waals surface area contributed by atoms with Crippen molar-refractivity contribution < 1.29 is 4.79 Å². The van der Waals surface area contributed by atoms with Crippen molar-refractivity contribution in [3.05, 3.63) is 12.7 Å². The summed E-state index contributed by atoms with van der Waals surface area (Å²) in [7, 11) is 0. The van der Waals surface area contributed by atoms with Crippen LogP contribution in [0.1, 0.15) is 39.0 Å². The highest BCUT2D eigenvalue weighted by atomic mass is 35.5. The predicted octanol–water partition coefficient (Wildman–Crippen LogP) is 3.57. The summed E-state index contributed by atoms with van der Waals surface area (Å²) in [6, 6.07) is 0. The minimum Gasteiger partial charge on any atom is -0.303 e. The van der Waals surface area contributed by atoms with E-state index in [0.717, 1.165) is 25.5 Å². The zero-order valence-corrected chi connectivity index (χ0v) is 9.09. The first-order chi connectivity index (χ1) is 6.20. The Labute approximate surface area is 86.2 Å². The summed E-state index contributed by atoms with van der Waals surface area (Å²) >= 11 is 5.91. The van der Waals surface area contributed by atoms with Gasteiger partial charge >= 0.3 is 0 Å². The number of hydrogen-bond acceptors (Lipinski definition) is 1. The van der Waals surface area contributed by atoms with Crippen LogP contribution in [0.15, 0.2) is 12.7 Å². The maximum atomic E-state index is 10.1. The fourth-order valence-corrected chi connectivity index (χ4v) is 1.43. The molecule has 13 heavy (non-hydrogen) atoms. The molecule has 0 saturated carbocycles. The summed E-state index contributed by atoms with van der Waals surface area (Å²) in [5.41, 5.74) is 0. The van der Waals surface area contributed by atoms with E-state index in [4.69, 9.17) is 11.6 Å². The third-order valence-electron chi connectivity index (χ3n) is 2.19. The number of alkyl halides is 1. The van der Waals surface area contributed by atoms with Gasteiger partial charge in [-0.1, -0.05) is 13.0 Å². The van der Waals surface area contributed by atoms with Crippen LogP contribution in [0.4, 0.5) is 0 Å². The van der Waals surface area contributed by atoms with Crippen LogP contribution in [0.3, 0.4) is 0 Å². The van der Waals surface area contributed by atoms with Gasteiger partial charge in [-0.3, -0.25) is 0 Å². The average Bonchev–Trinajstić information content (AvgIpc) is 2.12. The SMILES string of the molecule is C=CCCC(C)CCC(Cl)CC=O. The molecule has 0 aliphatic heterocycles. The summed E-state index contributed by atoms with van der Waals surface area (Å²) in [6.45, 7) is 5.90. The van der Waals surface area contributed by atoms with E-state index in [-0.39, 0.29) is 5.38 Å². The number of carbonyl (C=O) groups is 1. The van der Waals surface area contributed by atoms with Gasteiger partial charge in [0.05, 0.1) is 0 Å². The standard InChI is InChI=1S/C11H19ClO/c1-3-4-5-10(2)6-7-11(12)8-9-13/h3,9-11H,1,4-8H2,2H3. The molecule has 2 unspecified atom stereocenters. The molecule has 0 rings (SSSR count). The van der Waals surface area contributed by atoms with Crippen molar-refractivity contribution >= 4 is 17.9 Å². The van der Waals surface area contributed by atoms with Crippen LogP contribution in [0.2, 0.25) is 0 Å². The van der Waals surface area contributed by atoms with Gasteiger partial charge in [-0.2, -0.15) is 0 Å². The van der Waals surface area contributed by atoms with Gasteiger partial charge in [-0.15, -0.1) is 18.2 Å². The largest absolute Gasteiger partial charge is 0.303 e. The molecule has 0 aromatic heterocycles. The van der Waals surface area contributed by atoms with Gasteiger partial charge in [-0.05, 0) is 31.6 Å². The Bertz CT molecular complexity index is 145. The maximum Gasteiger partial charge on any atom is 0.121 e. The molecule has 76 valence electrons. The molecule has 0 aromatic carbocycles. The van der Waals surface area contributed by atoms with Crippen LogP contribution in [-0.2, 0) is 4.79 Å². The Morgan fingerprint density at radius 2 is 2.08 bits per heavy atom.